The summed E-state index contributed by atoms with van der Waals surface area (Å²) >= 11 is 1.68. The van der Waals surface area contributed by atoms with E-state index < -0.39 is 5.60 Å². The molecule has 0 aliphatic heterocycles. The number of aryl methyl sites for hydroxylation is 1. The van der Waals surface area contributed by atoms with Crippen LogP contribution in [0.5, 0.6) is 0 Å². The summed E-state index contributed by atoms with van der Waals surface area (Å²) in [4.78, 5) is 4.28. The molecule has 0 unspecified atom stereocenters. The first-order valence-electron chi connectivity index (χ1n) is 4.75. The van der Waals surface area contributed by atoms with Crippen LogP contribution in [0.3, 0.4) is 0 Å². The van der Waals surface area contributed by atoms with Gasteiger partial charge in [0.1, 0.15) is 0 Å². The molecule has 0 fully saturated rings. The van der Waals surface area contributed by atoms with Crippen molar-refractivity contribution in [1.82, 2.24) is 4.98 Å². The zero-order valence-corrected chi connectivity index (χ0v) is 9.77. The van der Waals surface area contributed by atoms with Crippen LogP contribution in [0.15, 0.2) is 23.4 Å². The summed E-state index contributed by atoms with van der Waals surface area (Å²) in [6.45, 7) is 5.69. The van der Waals surface area contributed by atoms with Crippen LogP contribution >= 0.6 is 11.8 Å². The van der Waals surface area contributed by atoms with Crippen LogP contribution in [-0.4, -0.2) is 21.4 Å². The number of aliphatic hydroxyl groups is 1. The van der Waals surface area contributed by atoms with Gasteiger partial charge < -0.3 is 5.11 Å². The molecule has 0 atom stereocenters. The molecule has 1 heterocycles. The standard InChI is InChI=1S/C11H17NOS/c1-9-4-5-10(12-8-9)14-7-6-11(2,3)13/h4-5,8,13H,6-7H2,1-3H3. The monoisotopic (exact) mass is 211 g/mol. The molecule has 0 bridgehead atoms. The lowest BCUT2D eigenvalue weighted by molar-refractivity contribution is 0.0777. The molecule has 1 aromatic rings. The van der Waals surface area contributed by atoms with E-state index in [2.05, 4.69) is 11.1 Å². The van der Waals surface area contributed by atoms with Crippen molar-refractivity contribution in [3.63, 3.8) is 0 Å². The summed E-state index contributed by atoms with van der Waals surface area (Å²) in [5.41, 5.74) is 0.606. The van der Waals surface area contributed by atoms with Crippen LogP contribution < -0.4 is 0 Å². The lowest BCUT2D eigenvalue weighted by Gasteiger charge is -2.15. The fourth-order valence-electron chi connectivity index (χ4n) is 0.945. The van der Waals surface area contributed by atoms with Crippen molar-refractivity contribution in [3.05, 3.63) is 23.9 Å². The third-order valence-corrected chi connectivity index (χ3v) is 2.79. The molecule has 0 spiro atoms. The van der Waals surface area contributed by atoms with Gasteiger partial charge in [-0.2, -0.15) is 0 Å². The summed E-state index contributed by atoms with van der Waals surface area (Å²) in [7, 11) is 0. The zero-order chi connectivity index (χ0) is 10.6. The minimum Gasteiger partial charge on any atom is -0.390 e. The molecular formula is C11H17NOS. The Labute approximate surface area is 89.8 Å². The first-order valence-corrected chi connectivity index (χ1v) is 5.74. The summed E-state index contributed by atoms with van der Waals surface area (Å²) in [5, 5.41) is 10.5. The van der Waals surface area contributed by atoms with Crippen molar-refractivity contribution in [1.29, 1.82) is 0 Å². The van der Waals surface area contributed by atoms with Crippen molar-refractivity contribution >= 4 is 11.8 Å². The fourth-order valence-corrected chi connectivity index (χ4v) is 2.05. The second kappa shape index (κ2) is 4.80. The maximum Gasteiger partial charge on any atom is 0.0960 e. The molecular weight excluding hydrogens is 194 g/mol. The fraction of sp³-hybridized carbons (Fsp3) is 0.545. The molecule has 0 saturated carbocycles. The Balaban J connectivity index is 2.35. The van der Waals surface area contributed by atoms with E-state index in [0.717, 1.165) is 17.2 Å². The van der Waals surface area contributed by atoms with Crippen LogP contribution in [0.2, 0.25) is 0 Å². The topological polar surface area (TPSA) is 33.1 Å². The Kier molecular flexibility index (Phi) is 3.96. The first-order chi connectivity index (χ1) is 6.47. The SMILES string of the molecule is Cc1ccc(SCCC(C)(C)O)nc1. The molecule has 14 heavy (non-hydrogen) atoms. The molecule has 3 heteroatoms. The summed E-state index contributed by atoms with van der Waals surface area (Å²) in [6.07, 6.45) is 2.65. The third kappa shape index (κ3) is 4.63. The quantitative estimate of drug-likeness (QED) is 0.777. The average Bonchev–Trinajstić information content (AvgIpc) is 2.06. The Morgan fingerprint density at radius 1 is 1.43 bits per heavy atom. The van der Waals surface area contributed by atoms with Gasteiger partial charge in [-0.15, -0.1) is 11.8 Å². The molecule has 1 aromatic heterocycles. The molecule has 0 aliphatic carbocycles. The van der Waals surface area contributed by atoms with Crippen LogP contribution in [0.1, 0.15) is 25.8 Å². The smallest absolute Gasteiger partial charge is 0.0960 e. The Hall–Kier alpha value is -0.540. The highest BCUT2D eigenvalue weighted by Gasteiger charge is 2.11. The van der Waals surface area contributed by atoms with Gasteiger partial charge >= 0.3 is 0 Å². The molecule has 1 N–H and O–H groups in total. The number of rotatable bonds is 4. The molecule has 78 valence electrons. The third-order valence-electron chi connectivity index (χ3n) is 1.85. The van der Waals surface area contributed by atoms with Gasteiger partial charge in [0.2, 0.25) is 0 Å². The minimum atomic E-state index is -0.572. The van der Waals surface area contributed by atoms with Crippen molar-refractivity contribution in [3.8, 4) is 0 Å². The molecule has 0 radical (unpaired) electrons. The highest BCUT2D eigenvalue weighted by Crippen LogP contribution is 2.19. The van der Waals surface area contributed by atoms with Crippen molar-refractivity contribution in [2.75, 3.05) is 5.75 Å². The molecule has 0 aromatic carbocycles. The predicted octanol–water partition coefficient (Wildman–Crippen LogP) is 2.64. The average molecular weight is 211 g/mol. The van der Waals surface area contributed by atoms with E-state index in [1.807, 2.05) is 33.0 Å². The van der Waals surface area contributed by atoms with Crippen LogP contribution in [0, 0.1) is 6.92 Å². The first kappa shape index (κ1) is 11.5. The summed E-state index contributed by atoms with van der Waals surface area (Å²) in [6, 6.07) is 4.07. The Morgan fingerprint density at radius 2 is 2.14 bits per heavy atom. The highest BCUT2D eigenvalue weighted by molar-refractivity contribution is 7.99. The number of aromatic nitrogens is 1. The van der Waals surface area contributed by atoms with E-state index in [1.54, 1.807) is 11.8 Å². The minimum absolute atomic E-state index is 0.572. The number of thioether (sulfide) groups is 1. The lowest BCUT2D eigenvalue weighted by Crippen LogP contribution is -2.19. The van der Waals surface area contributed by atoms with Crippen LogP contribution in [-0.2, 0) is 0 Å². The van der Waals surface area contributed by atoms with Gasteiger partial charge in [0, 0.05) is 11.9 Å². The molecule has 2 nitrogen and oxygen atoms in total. The van der Waals surface area contributed by atoms with Crippen LogP contribution in [0.25, 0.3) is 0 Å². The number of hydrogen-bond donors (Lipinski definition) is 1. The second-order valence-electron chi connectivity index (χ2n) is 4.08. The largest absolute Gasteiger partial charge is 0.390 e. The lowest BCUT2D eigenvalue weighted by atomic mass is 10.1. The Morgan fingerprint density at radius 3 is 2.64 bits per heavy atom. The summed E-state index contributed by atoms with van der Waals surface area (Å²) in [5.74, 6) is 0.902. The van der Waals surface area contributed by atoms with E-state index in [-0.39, 0.29) is 0 Å². The molecule has 1 rings (SSSR count). The van der Waals surface area contributed by atoms with E-state index in [4.69, 9.17) is 0 Å². The van der Waals surface area contributed by atoms with E-state index in [1.165, 1.54) is 5.56 Å². The van der Waals surface area contributed by atoms with Gasteiger partial charge in [0.15, 0.2) is 0 Å². The second-order valence-corrected chi connectivity index (χ2v) is 5.20. The number of nitrogens with zero attached hydrogens (tertiary/aromatic N) is 1. The highest BCUT2D eigenvalue weighted by atomic mass is 32.2. The van der Waals surface area contributed by atoms with Gasteiger partial charge in [-0.05, 0) is 38.8 Å². The van der Waals surface area contributed by atoms with E-state index in [0.29, 0.717) is 0 Å². The van der Waals surface area contributed by atoms with Gasteiger partial charge in [-0.1, -0.05) is 6.07 Å². The van der Waals surface area contributed by atoms with Gasteiger partial charge in [-0.3, -0.25) is 0 Å². The van der Waals surface area contributed by atoms with E-state index >= 15 is 0 Å². The van der Waals surface area contributed by atoms with Crippen LogP contribution in [0.4, 0.5) is 0 Å². The van der Waals surface area contributed by atoms with Gasteiger partial charge in [0.25, 0.3) is 0 Å². The zero-order valence-electron chi connectivity index (χ0n) is 8.95. The number of hydrogen-bond acceptors (Lipinski definition) is 3. The van der Waals surface area contributed by atoms with Crippen molar-refractivity contribution < 1.29 is 5.11 Å². The maximum absolute atomic E-state index is 9.51. The van der Waals surface area contributed by atoms with Crippen molar-refractivity contribution in [2.45, 2.75) is 37.8 Å². The maximum atomic E-state index is 9.51. The predicted molar refractivity (Wildman–Crippen MR) is 60.6 cm³/mol. The van der Waals surface area contributed by atoms with E-state index in [9.17, 15) is 5.11 Å². The molecule has 0 aliphatic rings. The van der Waals surface area contributed by atoms with Crippen molar-refractivity contribution in [2.24, 2.45) is 0 Å². The normalized spacial score (nSPS) is 11.7. The summed E-state index contributed by atoms with van der Waals surface area (Å²) < 4.78 is 0. The molecule has 0 saturated heterocycles. The molecule has 0 amide bonds. The van der Waals surface area contributed by atoms with Gasteiger partial charge in [-0.25, -0.2) is 4.98 Å². The van der Waals surface area contributed by atoms with Gasteiger partial charge in [0.05, 0.1) is 10.6 Å². The Bertz CT molecular complexity index is 276. The number of pyridine rings is 1.